The van der Waals surface area contributed by atoms with Gasteiger partial charge < -0.3 is 10.1 Å². The average molecular weight is 328 g/mol. The lowest BCUT2D eigenvalue weighted by Gasteiger charge is -2.08. The Labute approximate surface area is 123 Å². The van der Waals surface area contributed by atoms with Gasteiger partial charge in [0.1, 0.15) is 5.75 Å². The summed E-state index contributed by atoms with van der Waals surface area (Å²) >= 11 is 3.12. The van der Waals surface area contributed by atoms with E-state index in [1.807, 2.05) is 24.3 Å². The SMILES string of the molecule is CCCCCCCOc1cccc(NC(=O)CBr)c1. The van der Waals surface area contributed by atoms with Crippen LogP contribution in [0.3, 0.4) is 0 Å². The third kappa shape index (κ3) is 7.21. The lowest BCUT2D eigenvalue weighted by molar-refractivity contribution is -0.113. The first-order chi connectivity index (χ1) is 9.26. The Bertz CT molecular complexity index is 382. The summed E-state index contributed by atoms with van der Waals surface area (Å²) in [4.78, 5) is 11.3. The van der Waals surface area contributed by atoms with Crippen LogP contribution in [0.15, 0.2) is 24.3 Å². The number of alkyl halides is 1. The molecule has 0 bridgehead atoms. The molecule has 0 aromatic heterocycles. The zero-order valence-electron chi connectivity index (χ0n) is 11.5. The predicted molar refractivity (Wildman–Crippen MR) is 83.1 cm³/mol. The van der Waals surface area contributed by atoms with Crippen molar-refractivity contribution in [2.24, 2.45) is 0 Å². The molecule has 4 heteroatoms. The van der Waals surface area contributed by atoms with Gasteiger partial charge in [-0.2, -0.15) is 0 Å². The molecule has 0 saturated heterocycles. The van der Waals surface area contributed by atoms with Crippen molar-refractivity contribution < 1.29 is 9.53 Å². The fraction of sp³-hybridized carbons (Fsp3) is 0.533. The molecule has 0 saturated carbocycles. The lowest BCUT2D eigenvalue weighted by Crippen LogP contribution is -2.12. The maximum absolute atomic E-state index is 11.3. The van der Waals surface area contributed by atoms with E-state index in [9.17, 15) is 4.79 Å². The van der Waals surface area contributed by atoms with Gasteiger partial charge in [-0.1, -0.05) is 54.6 Å². The molecule has 0 spiro atoms. The van der Waals surface area contributed by atoms with Gasteiger partial charge in [-0.15, -0.1) is 0 Å². The van der Waals surface area contributed by atoms with Crippen molar-refractivity contribution in [1.29, 1.82) is 0 Å². The Morgan fingerprint density at radius 2 is 2.05 bits per heavy atom. The molecule has 1 rings (SSSR count). The summed E-state index contributed by atoms with van der Waals surface area (Å²) < 4.78 is 5.68. The molecule has 1 amide bonds. The Morgan fingerprint density at radius 1 is 1.26 bits per heavy atom. The molecule has 1 aromatic rings. The minimum absolute atomic E-state index is 0.0586. The Morgan fingerprint density at radius 3 is 2.79 bits per heavy atom. The molecular formula is C15H22BrNO2. The number of amides is 1. The van der Waals surface area contributed by atoms with Gasteiger partial charge in [-0.3, -0.25) is 4.79 Å². The van der Waals surface area contributed by atoms with Gasteiger partial charge in [0.05, 0.1) is 11.9 Å². The second-order valence-corrected chi connectivity index (χ2v) is 5.03. The molecule has 0 unspecified atom stereocenters. The van der Waals surface area contributed by atoms with E-state index in [0.29, 0.717) is 5.33 Å². The third-order valence-electron chi connectivity index (χ3n) is 2.76. The number of ether oxygens (including phenoxy) is 1. The van der Waals surface area contributed by atoms with Crippen molar-refractivity contribution in [2.75, 3.05) is 17.3 Å². The standard InChI is InChI=1S/C15H22BrNO2/c1-2-3-4-5-6-10-19-14-9-7-8-13(11-14)17-15(18)12-16/h7-9,11H,2-6,10,12H2,1H3,(H,17,18). The number of rotatable bonds is 9. The number of nitrogens with one attached hydrogen (secondary N) is 1. The number of hydrogen-bond donors (Lipinski definition) is 1. The molecule has 0 heterocycles. The second kappa shape index (κ2) is 9.84. The predicted octanol–water partition coefficient (Wildman–Crippen LogP) is 4.37. The van der Waals surface area contributed by atoms with E-state index in [-0.39, 0.29) is 5.91 Å². The van der Waals surface area contributed by atoms with E-state index in [1.54, 1.807) is 0 Å². The van der Waals surface area contributed by atoms with Gasteiger partial charge in [-0.05, 0) is 18.6 Å². The van der Waals surface area contributed by atoms with Crippen molar-refractivity contribution in [1.82, 2.24) is 0 Å². The maximum atomic E-state index is 11.3. The highest BCUT2D eigenvalue weighted by molar-refractivity contribution is 9.09. The van der Waals surface area contributed by atoms with E-state index in [2.05, 4.69) is 28.2 Å². The molecule has 1 N–H and O–H groups in total. The molecule has 3 nitrogen and oxygen atoms in total. The largest absolute Gasteiger partial charge is 0.494 e. The quantitative estimate of drug-likeness (QED) is 0.540. The highest BCUT2D eigenvalue weighted by Crippen LogP contribution is 2.18. The molecule has 19 heavy (non-hydrogen) atoms. The number of hydrogen-bond acceptors (Lipinski definition) is 2. The molecule has 1 aromatic carbocycles. The van der Waals surface area contributed by atoms with E-state index in [4.69, 9.17) is 4.74 Å². The lowest BCUT2D eigenvalue weighted by atomic mass is 10.2. The molecule has 0 aliphatic rings. The molecule has 0 aliphatic carbocycles. The number of unbranched alkanes of at least 4 members (excludes halogenated alkanes) is 4. The molecule has 0 aliphatic heterocycles. The number of halogens is 1. The van der Waals surface area contributed by atoms with Crippen LogP contribution in [0.25, 0.3) is 0 Å². The molecule has 0 atom stereocenters. The van der Waals surface area contributed by atoms with Crippen molar-refractivity contribution in [3.63, 3.8) is 0 Å². The summed E-state index contributed by atoms with van der Waals surface area (Å²) in [5.41, 5.74) is 0.771. The fourth-order valence-corrected chi connectivity index (χ4v) is 1.89. The number of benzene rings is 1. The van der Waals surface area contributed by atoms with E-state index in [1.165, 1.54) is 25.7 Å². The summed E-state index contributed by atoms with van der Waals surface area (Å²) in [5, 5.41) is 3.09. The number of carbonyl (C=O) groups excluding carboxylic acids is 1. The van der Waals surface area contributed by atoms with Crippen molar-refractivity contribution in [3.8, 4) is 5.75 Å². The van der Waals surface area contributed by atoms with Gasteiger partial charge in [0.15, 0.2) is 0 Å². The summed E-state index contributed by atoms with van der Waals surface area (Å²) in [7, 11) is 0. The van der Waals surface area contributed by atoms with Crippen LogP contribution < -0.4 is 10.1 Å². The second-order valence-electron chi connectivity index (χ2n) is 4.47. The van der Waals surface area contributed by atoms with Gasteiger partial charge in [-0.25, -0.2) is 0 Å². The van der Waals surface area contributed by atoms with Crippen LogP contribution in [0.1, 0.15) is 39.0 Å². The van der Waals surface area contributed by atoms with Gasteiger partial charge in [0.25, 0.3) is 0 Å². The van der Waals surface area contributed by atoms with Crippen molar-refractivity contribution in [3.05, 3.63) is 24.3 Å². The van der Waals surface area contributed by atoms with Gasteiger partial charge >= 0.3 is 0 Å². The minimum atomic E-state index is -0.0586. The van der Waals surface area contributed by atoms with Crippen LogP contribution in [0.5, 0.6) is 5.75 Å². The normalized spacial score (nSPS) is 10.2. The first-order valence-electron chi connectivity index (χ1n) is 6.85. The fourth-order valence-electron chi connectivity index (χ4n) is 1.75. The molecule has 0 radical (unpaired) electrons. The van der Waals surface area contributed by atoms with Crippen LogP contribution in [-0.4, -0.2) is 17.8 Å². The van der Waals surface area contributed by atoms with Gasteiger partial charge in [0.2, 0.25) is 5.91 Å². The first kappa shape index (κ1) is 16.0. The zero-order valence-corrected chi connectivity index (χ0v) is 13.0. The highest BCUT2D eigenvalue weighted by atomic mass is 79.9. The number of anilines is 1. The maximum Gasteiger partial charge on any atom is 0.235 e. The van der Waals surface area contributed by atoms with Gasteiger partial charge in [0, 0.05) is 11.8 Å². The molecule has 0 fully saturated rings. The van der Waals surface area contributed by atoms with Crippen LogP contribution in [0, 0.1) is 0 Å². The minimum Gasteiger partial charge on any atom is -0.494 e. The topological polar surface area (TPSA) is 38.3 Å². The van der Waals surface area contributed by atoms with Crippen LogP contribution in [-0.2, 0) is 4.79 Å². The summed E-state index contributed by atoms with van der Waals surface area (Å²) in [6.45, 7) is 2.95. The van der Waals surface area contributed by atoms with Crippen LogP contribution in [0.4, 0.5) is 5.69 Å². The Balaban J connectivity index is 2.30. The summed E-state index contributed by atoms with van der Waals surface area (Å²) in [5.74, 6) is 0.750. The number of carbonyl (C=O) groups is 1. The van der Waals surface area contributed by atoms with E-state index in [0.717, 1.165) is 24.5 Å². The summed E-state index contributed by atoms with van der Waals surface area (Å²) in [6.07, 6.45) is 6.14. The Kier molecular flexibility index (Phi) is 8.30. The Hall–Kier alpha value is -1.03. The average Bonchev–Trinajstić information content (AvgIpc) is 2.43. The monoisotopic (exact) mass is 327 g/mol. The smallest absolute Gasteiger partial charge is 0.235 e. The summed E-state index contributed by atoms with van der Waals surface area (Å²) in [6, 6.07) is 7.51. The zero-order chi connectivity index (χ0) is 13.9. The highest BCUT2D eigenvalue weighted by Gasteiger charge is 2.01. The van der Waals surface area contributed by atoms with Crippen LogP contribution in [0.2, 0.25) is 0 Å². The van der Waals surface area contributed by atoms with E-state index < -0.39 is 0 Å². The third-order valence-corrected chi connectivity index (χ3v) is 3.27. The van der Waals surface area contributed by atoms with E-state index >= 15 is 0 Å². The molecular weight excluding hydrogens is 306 g/mol. The van der Waals surface area contributed by atoms with Crippen molar-refractivity contribution in [2.45, 2.75) is 39.0 Å². The molecule has 106 valence electrons. The first-order valence-corrected chi connectivity index (χ1v) is 7.97. The van der Waals surface area contributed by atoms with Crippen molar-refractivity contribution >= 4 is 27.5 Å². The van der Waals surface area contributed by atoms with Crippen LogP contribution >= 0.6 is 15.9 Å².